The molecule has 3 rings (SSSR count). The van der Waals surface area contributed by atoms with Gasteiger partial charge in [0.25, 0.3) is 0 Å². The van der Waals surface area contributed by atoms with Gasteiger partial charge in [-0.2, -0.15) is 0 Å². The summed E-state index contributed by atoms with van der Waals surface area (Å²) in [4.78, 5) is 23.4. The maximum atomic E-state index is 12.7. The van der Waals surface area contributed by atoms with Crippen molar-refractivity contribution in [3.8, 4) is 0 Å². The number of benzene rings is 2. The molecule has 1 aliphatic rings. The summed E-state index contributed by atoms with van der Waals surface area (Å²) >= 11 is 0. The quantitative estimate of drug-likeness (QED) is 0.454. The second-order valence-electron chi connectivity index (χ2n) is 7.84. The maximum absolute atomic E-state index is 12.7. The average Bonchev–Trinajstić information content (AvgIpc) is 3.08. The van der Waals surface area contributed by atoms with E-state index in [1.807, 2.05) is 81.4 Å². The van der Waals surface area contributed by atoms with Gasteiger partial charge in [-0.3, -0.25) is 0 Å². The van der Waals surface area contributed by atoms with E-state index in [0.717, 1.165) is 16.8 Å². The Morgan fingerprint density at radius 1 is 1.04 bits per heavy atom. The molecule has 27 heavy (non-hydrogen) atoms. The molecule has 1 aliphatic heterocycles. The molecule has 0 bridgehead atoms. The highest BCUT2D eigenvalue weighted by molar-refractivity contribution is 6.12. The van der Waals surface area contributed by atoms with Crippen molar-refractivity contribution in [3.05, 3.63) is 71.8 Å². The zero-order chi connectivity index (χ0) is 19.5. The van der Waals surface area contributed by atoms with Gasteiger partial charge in [0.2, 0.25) is 5.60 Å². The molecule has 2 aromatic rings. The molecule has 2 aromatic carbocycles. The van der Waals surface area contributed by atoms with Crippen LogP contribution in [0.25, 0.3) is 0 Å². The standard InChI is InChI=1S/C22H24N2O3/c1-21(2,3)18-15-22(4,27-23-18)20(25)26-24-19(16-11-7-5-8-12-16)17-13-9-6-10-14-17/h5-14H,15H2,1-4H3. The van der Waals surface area contributed by atoms with E-state index in [-0.39, 0.29) is 5.41 Å². The normalized spacial score (nSPS) is 19.0. The van der Waals surface area contributed by atoms with Crippen molar-refractivity contribution in [2.75, 3.05) is 0 Å². The lowest BCUT2D eigenvalue weighted by atomic mass is 9.84. The van der Waals surface area contributed by atoms with E-state index in [1.165, 1.54) is 0 Å². The van der Waals surface area contributed by atoms with Gasteiger partial charge >= 0.3 is 5.97 Å². The van der Waals surface area contributed by atoms with Crippen LogP contribution in [-0.2, 0) is 14.5 Å². The lowest BCUT2D eigenvalue weighted by molar-refractivity contribution is -0.167. The highest BCUT2D eigenvalue weighted by Gasteiger charge is 2.46. The molecule has 1 atom stereocenters. The Hall–Kier alpha value is -2.95. The second kappa shape index (κ2) is 7.35. The largest absolute Gasteiger partial charge is 0.381 e. The minimum absolute atomic E-state index is 0.166. The summed E-state index contributed by atoms with van der Waals surface area (Å²) in [6.07, 6.45) is 0.386. The van der Waals surface area contributed by atoms with E-state index in [0.29, 0.717) is 12.1 Å². The van der Waals surface area contributed by atoms with Crippen LogP contribution in [0, 0.1) is 5.41 Å². The third-order valence-corrected chi connectivity index (χ3v) is 4.47. The van der Waals surface area contributed by atoms with Crippen LogP contribution in [0.2, 0.25) is 0 Å². The van der Waals surface area contributed by atoms with E-state index in [9.17, 15) is 4.79 Å². The third-order valence-electron chi connectivity index (χ3n) is 4.47. The summed E-state index contributed by atoms with van der Waals surface area (Å²) < 4.78 is 0. The number of carbonyl (C=O) groups excluding carboxylic acids is 1. The summed E-state index contributed by atoms with van der Waals surface area (Å²) in [5.41, 5.74) is 1.81. The first-order chi connectivity index (χ1) is 12.8. The van der Waals surface area contributed by atoms with Gasteiger partial charge in [0.05, 0.1) is 5.71 Å². The van der Waals surface area contributed by atoms with Crippen molar-refractivity contribution in [2.24, 2.45) is 15.7 Å². The van der Waals surface area contributed by atoms with E-state index < -0.39 is 11.6 Å². The van der Waals surface area contributed by atoms with Gasteiger partial charge < -0.3 is 9.68 Å². The van der Waals surface area contributed by atoms with E-state index in [4.69, 9.17) is 9.68 Å². The molecule has 1 heterocycles. The molecule has 140 valence electrons. The van der Waals surface area contributed by atoms with Crippen LogP contribution in [-0.4, -0.2) is 23.0 Å². The van der Waals surface area contributed by atoms with Crippen molar-refractivity contribution in [1.82, 2.24) is 0 Å². The molecule has 5 nitrogen and oxygen atoms in total. The number of carbonyl (C=O) groups is 1. The number of oxime groups is 2. The fraction of sp³-hybridized carbons (Fsp3) is 0.318. The van der Waals surface area contributed by atoms with Gasteiger partial charge in [0, 0.05) is 23.0 Å². The molecule has 0 saturated heterocycles. The predicted octanol–water partition coefficient (Wildman–Crippen LogP) is 4.56. The van der Waals surface area contributed by atoms with Crippen LogP contribution in [0.15, 0.2) is 71.0 Å². The highest BCUT2D eigenvalue weighted by atomic mass is 16.7. The van der Waals surface area contributed by atoms with Crippen molar-refractivity contribution in [3.63, 3.8) is 0 Å². The first kappa shape index (κ1) is 18.8. The number of rotatable bonds is 4. The summed E-state index contributed by atoms with van der Waals surface area (Å²) in [6, 6.07) is 19.2. The number of hydrogen-bond acceptors (Lipinski definition) is 5. The fourth-order valence-electron chi connectivity index (χ4n) is 2.70. The Kier molecular flexibility index (Phi) is 5.13. The lowest BCUT2D eigenvalue weighted by Crippen LogP contribution is -2.38. The van der Waals surface area contributed by atoms with Crippen molar-refractivity contribution in [1.29, 1.82) is 0 Å². The van der Waals surface area contributed by atoms with Crippen molar-refractivity contribution < 1.29 is 14.5 Å². The number of nitrogens with zero attached hydrogens (tertiary/aromatic N) is 2. The molecule has 0 spiro atoms. The predicted molar refractivity (Wildman–Crippen MR) is 106 cm³/mol. The molecule has 0 N–H and O–H groups in total. The van der Waals surface area contributed by atoms with Crippen LogP contribution < -0.4 is 0 Å². The maximum Gasteiger partial charge on any atom is 0.381 e. The van der Waals surface area contributed by atoms with Crippen LogP contribution in [0.5, 0.6) is 0 Å². The third kappa shape index (κ3) is 4.25. The monoisotopic (exact) mass is 364 g/mol. The molecule has 1 unspecified atom stereocenters. The summed E-state index contributed by atoms with van der Waals surface area (Å²) in [6.45, 7) is 7.78. The van der Waals surface area contributed by atoms with Crippen molar-refractivity contribution >= 4 is 17.4 Å². The summed E-state index contributed by atoms with van der Waals surface area (Å²) in [5, 5.41) is 8.27. The Balaban J connectivity index is 1.82. The van der Waals surface area contributed by atoms with Gasteiger partial charge in [0.15, 0.2) is 0 Å². The zero-order valence-electron chi connectivity index (χ0n) is 16.1. The minimum atomic E-state index is -1.16. The molecular formula is C22H24N2O3. The summed E-state index contributed by atoms with van der Waals surface area (Å²) in [7, 11) is 0. The first-order valence-corrected chi connectivity index (χ1v) is 8.95. The smallest absolute Gasteiger partial charge is 0.377 e. The van der Waals surface area contributed by atoms with Gasteiger partial charge in [-0.25, -0.2) is 4.79 Å². The van der Waals surface area contributed by atoms with Crippen LogP contribution >= 0.6 is 0 Å². The van der Waals surface area contributed by atoms with Crippen LogP contribution in [0.3, 0.4) is 0 Å². The molecule has 0 aromatic heterocycles. The molecule has 0 saturated carbocycles. The molecule has 5 heteroatoms. The SMILES string of the molecule is CC(C)(C)C1=NOC(C)(C(=O)ON=C(c2ccccc2)c2ccccc2)C1. The van der Waals surface area contributed by atoms with Gasteiger partial charge in [-0.1, -0.05) is 91.7 Å². The van der Waals surface area contributed by atoms with E-state index in [1.54, 1.807) is 6.92 Å². The lowest BCUT2D eigenvalue weighted by Gasteiger charge is -2.20. The Labute approximate surface area is 159 Å². The topological polar surface area (TPSA) is 60.2 Å². The van der Waals surface area contributed by atoms with Gasteiger partial charge in [-0.05, 0) is 6.92 Å². The Bertz CT molecular complexity index is 826. The molecule has 0 aliphatic carbocycles. The van der Waals surface area contributed by atoms with E-state index in [2.05, 4.69) is 10.3 Å². The minimum Gasteiger partial charge on any atom is -0.377 e. The second-order valence-corrected chi connectivity index (χ2v) is 7.84. The fourth-order valence-corrected chi connectivity index (χ4v) is 2.70. The number of hydrogen-bond donors (Lipinski definition) is 0. The molecule has 0 fully saturated rings. The molecule has 0 amide bonds. The van der Waals surface area contributed by atoms with E-state index >= 15 is 0 Å². The molecule has 0 radical (unpaired) electrons. The average molecular weight is 364 g/mol. The van der Waals surface area contributed by atoms with Crippen molar-refractivity contribution in [2.45, 2.75) is 39.7 Å². The zero-order valence-corrected chi connectivity index (χ0v) is 16.1. The van der Waals surface area contributed by atoms with Crippen LogP contribution in [0.4, 0.5) is 0 Å². The van der Waals surface area contributed by atoms with Crippen LogP contribution in [0.1, 0.15) is 45.2 Å². The Morgan fingerprint density at radius 3 is 2.00 bits per heavy atom. The highest BCUT2D eigenvalue weighted by Crippen LogP contribution is 2.32. The van der Waals surface area contributed by atoms with Gasteiger partial charge in [0.1, 0.15) is 5.71 Å². The summed E-state index contributed by atoms with van der Waals surface area (Å²) in [5.74, 6) is -0.560. The van der Waals surface area contributed by atoms with Gasteiger partial charge in [-0.15, -0.1) is 0 Å². The molecular weight excluding hydrogens is 340 g/mol. The first-order valence-electron chi connectivity index (χ1n) is 8.95. The Morgan fingerprint density at radius 2 is 1.56 bits per heavy atom.